The van der Waals surface area contributed by atoms with Crippen molar-refractivity contribution in [2.45, 2.75) is 6.42 Å². The van der Waals surface area contributed by atoms with Crippen molar-refractivity contribution >= 4 is 17.5 Å². The summed E-state index contributed by atoms with van der Waals surface area (Å²) in [7, 11) is 3.22. The Bertz CT molecular complexity index is 887. The summed E-state index contributed by atoms with van der Waals surface area (Å²) in [4.78, 5) is 8.68. The van der Waals surface area contributed by atoms with Gasteiger partial charge in [-0.15, -0.1) is 0 Å². The number of nitrogens with one attached hydrogen (secondary N) is 2. The molecule has 0 spiro atoms. The van der Waals surface area contributed by atoms with Gasteiger partial charge >= 0.3 is 0 Å². The zero-order valence-electron chi connectivity index (χ0n) is 15.2. The van der Waals surface area contributed by atoms with Crippen molar-refractivity contribution in [3.8, 4) is 11.5 Å². The van der Waals surface area contributed by atoms with Crippen molar-refractivity contribution in [3.05, 3.63) is 66.1 Å². The number of hydrogen-bond acceptors (Lipinski definition) is 6. The number of aromatic nitrogens is 2. The Kier molecular flexibility index (Phi) is 6.04. The number of benzene rings is 2. The Morgan fingerprint density at radius 2 is 1.81 bits per heavy atom. The molecule has 140 valence electrons. The van der Waals surface area contributed by atoms with Gasteiger partial charge in [0.15, 0.2) is 0 Å². The summed E-state index contributed by atoms with van der Waals surface area (Å²) in [6.07, 6.45) is 2.41. The fraction of sp³-hybridized carbons (Fsp3) is 0.200. The number of halogens is 1. The van der Waals surface area contributed by atoms with E-state index < -0.39 is 0 Å². The second kappa shape index (κ2) is 8.84. The van der Waals surface area contributed by atoms with Gasteiger partial charge < -0.3 is 20.1 Å². The first-order valence-electron chi connectivity index (χ1n) is 8.48. The quantitative estimate of drug-likeness (QED) is 0.626. The number of anilines is 3. The van der Waals surface area contributed by atoms with Crippen LogP contribution in [0.15, 0.2) is 54.7 Å². The van der Waals surface area contributed by atoms with E-state index in [0.717, 1.165) is 17.7 Å². The number of hydrogen-bond donors (Lipinski definition) is 2. The third-order valence-corrected chi connectivity index (χ3v) is 3.94. The molecule has 0 saturated heterocycles. The first-order chi connectivity index (χ1) is 13.2. The number of methoxy groups -OCH3 is 2. The molecule has 27 heavy (non-hydrogen) atoms. The van der Waals surface area contributed by atoms with Crippen LogP contribution in [-0.2, 0) is 6.42 Å². The molecule has 3 rings (SSSR count). The molecule has 0 aliphatic rings. The van der Waals surface area contributed by atoms with Crippen LogP contribution < -0.4 is 20.1 Å². The highest BCUT2D eigenvalue weighted by atomic mass is 19.1. The lowest BCUT2D eigenvalue weighted by molar-refractivity contribution is 0.405. The van der Waals surface area contributed by atoms with E-state index in [2.05, 4.69) is 20.6 Å². The zero-order valence-corrected chi connectivity index (χ0v) is 15.2. The summed E-state index contributed by atoms with van der Waals surface area (Å²) in [6.45, 7) is 0.636. The van der Waals surface area contributed by atoms with Crippen LogP contribution in [0.2, 0.25) is 0 Å². The fourth-order valence-corrected chi connectivity index (χ4v) is 2.53. The van der Waals surface area contributed by atoms with Crippen LogP contribution in [0.4, 0.5) is 21.8 Å². The summed E-state index contributed by atoms with van der Waals surface area (Å²) in [5.41, 5.74) is 1.78. The summed E-state index contributed by atoms with van der Waals surface area (Å²) < 4.78 is 23.6. The van der Waals surface area contributed by atoms with E-state index in [0.29, 0.717) is 29.8 Å². The summed E-state index contributed by atoms with van der Waals surface area (Å²) in [5, 5.41) is 6.39. The van der Waals surface area contributed by atoms with Gasteiger partial charge in [0.1, 0.15) is 23.1 Å². The SMILES string of the molecule is COc1ccc(OC)c(Nc2ccnc(NCCc3ccc(F)cc3)n2)c1. The Morgan fingerprint density at radius 1 is 1.00 bits per heavy atom. The van der Waals surface area contributed by atoms with Crippen molar-refractivity contribution in [2.24, 2.45) is 0 Å². The highest BCUT2D eigenvalue weighted by molar-refractivity contribution is 5.66. The minimum Gasteiger partial charge on any atom is -0.497 e. The van der Waals surface area contributed by atoms with Crippen LogP contribution >= 0.6 is 0 Å². The number of ether oxygens (including phenoxy) is 2. The molecule has 1 aromatic heterocycles. The van der Waals surface area contributed by atoms with Gasteiger partial charge in [-0.2, -0.15) is 4.98 Å². The smallest absolute Gasteiger partial charge is 0.224 e. The molecule has 0 aliphatic heterocycles. The van der Waals surface area contributed by atoms with Crippen molar-refractivity contribution in [2.75, 3.05) is 31.4 Å². The maximum atomic E-state index is 12.9. The molecule has 0 amide bonds. The van der Waals surface area contributed by atoms with Gasteiger partial charge in [-0.05, 0) is 42.3 Å². The van der Waals surface area contributed by atoms with E-state index >= 15 is 0 Å². The molecule has 0 fully saturated rings. The Balaban J connectivity index is 1.64. The second-order valence-corrected chi connectivity index (χ2v) is 5.76. The Hall–Kier alpha value is -3.35. The van der Waals surface area contributed by atoms with E-state index in [1.54, 1.807) is 38.6 Å². The molecule has 2 N–H and O–H groups in total. The maximum absolute atomic E-state index is 12.9. The highest BCUT2D eigenvalue weighted by Crippen LogP contribution is 2.31. The molecule has 0 bridgehead atoms. The molecule has 2 aromatic carbocycles. The minimum absolute atomic E-state index is 0.234. The summed E-state index contributed by atoms with van der Waals surface area (Å²) in [6, 6.07) is 13.7. The molecule has 0 aliphatic carbocycles. The zero-order chi connectivity index (χ0) is 19.1. The largest absolute Gasteiger partial charge is 0.497 e. The molecule has 0 atom stereocenters. The molecule has 0 radical (unpaired) electrons. The molecule has 0 saturated carbocycles. The van der Waals surface area contributed by atoms with Crippen molar-refractivity contribution < 1.29 is 13.9 Å². The second-order valence-electron chi connectivity index (χ2n) is 5.76. The van der Waals surface area contributed by atoms with E-state index in [4.69, 9.17) is 9.47 Å². The van der Waals surface area contributed by atoms with Crippen LogP contribution in [0.5, 0.6) is 11.5 Å². The van der Waals surface area contributed by atoms with Gasteiger partial charge in [0.2, 0.25) is 5.95 Å². The van der Waals surface area contributed by atoms with Gasteiger partial charge in [-0.3, -0.25) is 0 Å². The van der Waals surface area contributed by atoms with Gasteiger partial charge in [0, 0.05) is 18.8 Å². The predicted molar refractivity (Wildman–Crippen MR) is 103 cm³/mol. The summed E-state index contributed by atoms with van der Waals surface area (Å²) in [5.74, 6) is 2.29. The monoisotopic (exact) mass is 368 g/mol. The standard InChI is InChI=1S/C20H21FN4O2/c1-26-16-7-8-18(27-2)17(13-16)24-19-10-12-23-20(25-19)22-11-9-14-3-5-15(21)6-4-14/h3-8,10,12-13H,9,11H2,1-2H3,(H2,22,23,24,25). The molecule has 7 heteroatoms. The fourth-order valence-electron chi connectivity index (χ4n) is 2.53. The highest BCUT2D eigenvalue weighted by Gasteiger charge is 2.07. The van der Waals surface area contributed by atoms with E-state index in [-0.39, 0.29) is 5.82 Å². The average Bonchev–Trinajstić information content (AvgIpc) is 2.70. The van der Waals surface area contributed by atoms with E-state index in [1.165, 1.54) is 12.1 Å². The van der Waals surface area contributed by atoms with Crippen molar-refractivity contribution in [1.82, 2.24) is 9.97 Å². The third-order valence-electron chi connectivity index (χ3n) is 3.94. The van der Waals surface area contributed by atoms with Crippen LogP contribution in [0, 0.1) is 5.82 Å². The van der Waals surface area contributed by atoms with E-state index in [1.807, 2.05) is 18.2 Å². The van der Waals surface area contributed by atoms with E-state index in [9.17, 15) is 4.39 Å². The first-order valence-corrected chi connectivity index (χ1v) is 8.48. The third kappa shape index (κ3) is 5.07. The minimum atomic E-state index is -0.234. The predicted octanol–water partition coefficient (Wildman–Crippen LogP) is 4.03. The molecule has 0 unspecified atom stereocenters. The molecule has 6 nitrogen and oxygen atoms in total. The lowest BCUT2D eigenvalue weighted by atomic mass is 10.1. The van der Waals surface area contributed by atoms with Crippen molar-refractivity contribution in [3.63, 3.8) is 0 Å². The van der Waals surface area contributed by atoms with Crippen molar-refractivity contribution in [1.29, 1.82) is 0 Å². The molecule has 1 heterocycles. The Labute approximate surface area is 157 Å². The van der Waals surface area contributed by atoms with Crippen LogP contribution in [0.1, 0.15) is 5.56 Å². The average molecular weight is 368 g/mol. The molecule has 3 aromatic rings. The normalized spacial score (nSPS) is 10.3. The summed E-state index contributed by atoms with van der Waals surface area (Å²) >= 11 is 0. The van der Waals surface area contributed by atoms with Gasteiger partial charge in [-0.1, -0.05) is 12.1 Å². The number of rotatable bonds is 8. The maximum Gasteiger partial charge on any atom is 0.224 e. The molecular weight excluding hydrogens is 347 g/mol. The van der Waals surface area contributed by atoms with Gasteiger partial charge in [0.05, 0.1) is 19.9 Å². The first kappa shape index (κ1) is 18.4. The number of nitrogens with zero attached hydrogens (tertiary/aromatic N) is 2. The lowest BCUT2D eigenvalue weighted by Crippen LogP contribution is -2.08. The van der Waals surface area contributed by atoms with Crippen LogP contribution in [0.3, 0.4) is 0 Å². The van der Waals surface area contributed by atoms with Gasteiger partial charge in [-0.25, -0.2) is 9.37 Å². The topological polar surface area (TPSA) is 68.3 Å². The van der Waals surface area contributed by atoms with Gasteiger partial charge in [0.25, 0.3) is 0 Å². The molecular formula is C20H21FN4O2. The lowest BCUT2D eigenvalue weighted by Gasteiger charge is -2.13. The van der Waals surface area contributed by atoms with Crippen LogP contribution in [0.25, 0.3) is 0 Å². The Morgan fingerprint density at radius 3 is 2.56 bits per heavy atom. The van der Waals surface area contributed by atoms with Crippen LogP contribution in [-0.4, -0.2) is 30.7 Å².